The lowest BCUT2D eigenvalue weighted by Gasteiger charge is -2.21. The van der Waals surface area contributed by atoms with E-state index in [2.05, 4.69) is 5.32 Å². The summed E-state index contributed by atoms with van der Waals surface area (Å²) in [5, 5.41) is 2.79. The molecule has 1 amide bonds. The Morgan fingerprint density at radius 3 is 3.06 bits per heavy atom. The molecular weight excluding hydrogens is 230 g/mol. The molecule has 1 fully saturated rings. The maximum absolute atomic E-state index is 11.6. The Morgan fingerprint density at radius 1 is 1.62 bits per heavy atom. The van der Waals surface area contributed by atoms with Gasteiger partial charge in [0.25, 0.3) is 0 Å². The van der Waals surface area contributed by atoms with E-state index in [1.807, 2.05) is 0 Å². The molecule has 1 saturated heterocycles. The first-order valence-electron chi connectivity index (χ1n) is 5.76. The van der Waals surface area contributed by atoms with Crippen LogP contribution in [-0.4, -0.2) is 44.3 Å². The molecule has 1 aliphatic heterocycles. The van der Waals surface area contributed by atoms with Crippen molar-refractivity contribution in [2.24, 2.45) is 0 Å². The average molecular weight is 250 g/mol. The molecule has 2 unspecified atom stereocenters. The van der Waals surface area contributed by atoms with E-state index in [1.54, 1.807) is 7.11 Å². The van der Waals surface area contributed by atoms with Gasteiger partial charge in [0, 0.05) is 20.3 Å². The first kappa shape index (κ1) is 13.7. The second kappa shape index (κ2) is 7.87. The van der Waals surface area contributed by atoms with Gasteiger partial charge in [-0.2, -0.15) is 0 Å². The number of hydrogen-bond acceptors (Lipinski definition) is 3. The van der Waals surface area contributed by atoms with Gasteiger partial charge in [0.2, 0.25) is 5.91 Å². The quantitative estimate of drug-likeness (QED) is 0.723. The van der Waals surface area contributed by atoms with Crippen molar-refractivity contribution >= 4 is 17.5 Å². The standard InChI is InChI=1S/C11H20ClNO3/c1-15-8-9(12)5-6-13-11(14)10-4-2-3-7-16-10/h9-10H,2-8H2,1H3,(H,13,14). The van der Waals surface area contributed by atoms with Crippen molar-refractivity contribution in [3.05, 3.63) is 0 Å². The Kier molecular flexibility index (Phi) is 6.76. The summed E-state index contributed by atoms with van der Waals surface area (Å²) < 4.78 is 10.3. The molecule has 1 heterocycles. The minimum atomic E-state index is -0.259. The number of methoxy groups -OCH3 is 1. The van der Waals surface area contributed by atoms with Crippen LogP contribution in [0.1, 0.15) is 25.7 Å². The van der Waals surface area contributed by atoms with Gasteiger partial charge in [-0.1, -0.05) is 0 Å². The fraction of sp³-hybridized carbons (Fsp3) is 0.909. The van der Waals surface area contributed by atoms with Gasteiger partial charge in [-0.25, -0.2) is 0 Å². The Labute approximate surface area is 102 Å². The van der Waals surface area contributed by atoms with Crippen molar-refractivity contribution in [1.29, 1.82) is 0 Å². The first-order chi connectivity index (χ1) is 7.74. The highest BCUT2D eigenvalue weighted by molar-refractivity contribution is 6.20. The first-order valence-corrected chi connectivity index (χ1v) is 6.20. The normalized spacial score (nSPS) is 22.8. The Balaban J connectivity index is 2.09. The van der Waals surface area contributed by atoms with Crippen LogP contribution in [-0.2, 0) is 14.3 Å². The summed E-state index contributed by atoms with van der Waals surface area (Å²) in [6.07, 6.45) is 3.41. The molecule has 16 heavy (non-hydrogen) atoms. The SMILES string of the molecule is COCC(Cl)CCNC(=O)C1CCCCO1. The van der Waals surface area contributed by atoms with Crippen LogP contribution in [0.5, 0.6) is 0 Å². The molecule has 2 atom stereocenters. The van der Waals surface area contributed by atoms with Gasteiger partial charge in [-0.3, -0.25) is 4.79 Å². The van der Waals surface area contributed by atoms with Crippen LogP contribution in [0.3, 0.4) is 0 Å². The molecule has 0 aromatic carbocycles. The molecule has 0 saturated carbocycles. The molecule has 1 N–H and O–H groups in total. The van der Waals surface area contributed by atoms with Crippen molar-refractivity contribution < 1.29 is 14.3 Å². The molecule has 1 aliphatic rings. The van der Waals surface area contributed by atoms with Crippen molar-refractivity contribution in [3.8, 4) is 0 Å². The zero-order valence-electron chi connectivity index (χ0n) is 9.71. The molecule has 0 spiro atoms. The lowest BCUT2D eigenvalue weighted by atomic mass is 10.1. The number of alkyl halides is 1. The second-order valence-corrected chi connectivity index (χ2v) is 4.60. The van der Waals surface area contributed by atoms with E-state index >= 15 is 0 Å². The van der Waals surface area contributed by atoms with Crippen molar-refractivity contribution in [1.82, 2.24) is 5.32 Å². The number of halogens is 1. The Hall–Kier alpha value is -0.320. The molecule has 4 nitrogen and oxygen atoms in total. The van der Waals surface area contributed by atoms with E-state index in [0.29, 0.717) is 26.2 Å². The van der Waals surface area contributed by atoms with Gasteiger partial charge in [0.15, 0.2) is 0 Å². The number of carbonyl (C=O) groups is 1. The summed E-state index contributed by atoms with van der Waals surface area (Å²) in [5.41, 5.74) is 0. The third-order valence-electron chi connectivity index (χ3n) is 2.58. The van der Waals surface area contributed by atoms with E-state index in [9.17, 15) is 4.79 Å². The zero-order chi connectivity index (χ0) is 11.8. The van der Waals surface area contributed by atoms with Crippen LogP contribution >= 0.6 is 11.6 Å². The van der Waals surface area contributed by atoms with Crippen LogP contribution in [0, 0.1) is 0 Å². The summed E-state index contributed by atoms with van der Waals surface area (Å²) in [4.78, 5) is 11.6. The summed E-state index contributed by atoms with van der Waals surface area (Å²) in [7, 11) is 1.61. The van der Waals surface area contributed by atoms with Crippen molar-refractivity contribution in [3.63, 3.8) is 0 Å². The lowest BCUT2D eigenvalue weighted by molar-refractivity contribution is -0.135. The molecule has 0 aromatic rings. The summed E-state index contributed by atoms with van der Waals surface area (Å²) in [6.45, 7) is 1.79. The van der Waals surface area contributed by atoms with Crippen molar-refractivity contribution in [2.45, 2.75) is 37.2 Å². The van der Waals surface area contributed by atoms with E-state index in [1.165, 1.54) is 0 Å². The van der Waals surface area contributed by atoms with Gasteiger partial charge in [0.05, 0.1) is 12.0 Å². The van der Waals surface area contributed by atoms with Gasteiger partial charge < -0.3 is 14.8 Å². The fourth-order valence-electron chi connectivity index (χ4n) is 1.68. The molecule has 0 aliphatic carbocycles. The number of hydrogen-bond donors (Lipinski definition) is 1. The third-order valence-corrected chi connectivity index (χ3v) is 2.92. The predicted octanol–water partition coefficient (Wildman–Crippen LogP) is 1.32. The Morgan fingerprint density at radius 2 is 2.44 bits per heavy atom. The number of rotatable bonds is 6. The van der Waals surface area contributed by atoms with Crippen LogP contribution in [0.2, 0.25) is 0 Å². The molecule has 0 radical (unpaired) electrons. The smallest absolute Gasteiger partial charge is 0.249 e. The lowest BCUT2D eigenvalue weighted by Crippen LogP contribution is -2.39. The summed E-state index contributed by atoms with van der Waals surface area (Å²) >= 11 is 5.94. The minimum absolute atomic E-state index is 0.0130. The topological polar surface area (TPSA) is 47.6 Å². The second-order valence-electron chi connectivity index (χ2n) is 3.99. The highest BCUT2D eigenvalue weighted by atomic mass is 35.5. The van der Waals surface area contributed by atoms with Gasteiger partial charge >= 0.3 is 0 Å². The molecule has 0 bridgehead atoms. The zero-order valence-corrected chi connectivity index (χ0v) is 10.5. The van der Waals surface area contributed by atoms with Gasteiger partial charge in [0.1, 0.15) is 6.10 Å². The number of amides is 1. The largest absolute Gasteiger partial charge is 0.383 e. The number of carbonyl (C=O) groups excluding carboxylic acids is 1. The molecule has 5 heteroatoms. The van der Waals surface area contributed by atoms with E-state index < -0.39 is 0 Å². The molecular formula is C11H20ClNO3. The van der Waals surface area contributed by atoms with E-state index in [4.69, 9.17) is 21.1 Å². The summed E-state index contributed by atoms with van der Waals surface area (Å²) in [5.74, 6) is -0.0130. The number of ether oxygens (including phenoxy) is 2. The molecule has 94 valence electrons. The highest BCUT2D eigenvalue weighted by Gasteiger charge is 2.21. The van der Waals surface area contributed by atoms with E-state index in [0.717, 1.165) is 19.3 Å². The average Bonchev–Trinajstić information content (AvgIpc) is 2.30. The monoisotopic (exact) mass is 249 g/mol. The minimum Gasteiger partial charge on any atom is -0.383 e. The maximum Gasteiger partial charge on any atom is 0.249 e. The Bertz CT molecular complexity index is 207. The molecule has 1 rings (SSSR count). The van der Waals surface area contributed by atoms with Gasteiger partial charge in [-0.15, -0.1) is 11.6 Å². The highest BCUT2D eigenvalue weighted by Crippen LogP contribution is 2.12. The van der Waals surface area contributed by atoms with Crippen molar-refractivity contribution in [2.75, 3.05) is 26.9 Å². The van der Waals surface area contributed by atoms with Crippen LogP contribution in [0.4, 0.5) is 0 Å². The van der Waals surface area contributed by atoms with Gasteiger partial charge in [-0.05, 0) is 25.7 Å². The molecule has 0 aromatic heterocycles. The van der Waals surface area contributed by atoms with Crippen LogP contribution in [0.25, 0.3) is 0 Å². The predicted molar refractivity (Wildman–Crippen MR) is 62.7 cm³/mol. The van der Waals surface area contributed by atoms with Crippen LogP contribution < -0.4 is 5.32 Å². The number of nitrogens with one attached hydrogen (secondary N) is 1. The third kappa shape index (κ3) is 5.14. The van der Waals surface area contributed by atoms with Crippen LogP contribution in [0.15, 0.2) is 0 Å². The van der Waals surface area contributed by atoms with E-state index in [-0.39, 0.29) is 17.4 Å². The fourth-order valence-corrected chi connectivity index (χ4v) is 1.91. The summed E-state index contributed by atoms with van der Waals surface area (Å²) in [6, 6.07) is 0. The maximum atomic E-state index is 11.6.